The molecule has 1 saturated heterocycles. The fourth-order valence-electron chi connectivity index (χ4n) is 2.85. The summed E-state index contributed by atoms with van der Waals surface area (Å²) in [4.78, 5) is 27.9. The van der Waals surface area contributed by atoms with Crippen LogP contribution in [0.3, 0.4) is 0 Å². The minimum atomic E-state index is -0.830. The largest absolute Gasteiger partial charge is 0.324 e. The van der Waals surface area contributed by atoms with E-state index in [2.05, 4.69) is 10.6 Å². The van der Waals surface area contributed by atoms with Crippen molar-refractivity contribution in [3.63, 3.8) is 0 Å². The van der Waals surface area contributed by atoms with Crippen LogP contribution >= 0.6 is 11.6 Å². The van der Waals surface area contributed by atoms with Gasteiger partial charge in [-0.15, -0.1) is 0 Å². The normalized spacial score (nSPS) is 14.6. The molecule has 1 heterocycles. The van der Waals surface area contributed by atoms with Gasteiger partial charge < -0.3 is 15.5 Å². The molecule has 1 aliphatic heterocycles. The number of anilines is 2. The molecular formula is C19H19ClF2N4O2. The molecule has 148 valence electrons. The number of benzene rings is 2. The summed E-state index contributed by atoms with van der Waals surface area (Å²) in [5.74, 6) is -1.73. The maximum atomic E-state index is 13.7. The third-order valence-corrected chi connectivity index (χ3v) is 4.68. The molecule has 9 heteroatoms. The van der Waals surface area contributed by atoms with E-state index in [1.807, 2.05) is 4.90 Å². The smallest absolute Gasteiger partial charge is 0.322 e. The summed E-state index contributed by atoms with van der Waals surface area (Å²) in [5.41, 5.74) is 0.474. The fourth-order valence-corrected chi connectivity index (χ4v) is 3.03. The second-order valence-electron chi connectivity index (χ2n) is 6.35. The van der Waals surface area contributed by atoms with Gasteiger partial charge in [0.2, 0.25) is 5.91 Å². The lowest BCUT2D eigenvalue weighted by Gasteiger charge is -2.34. The molecule has 2 N–H and O–H groups in total. The van der Waals surface area contributed by atoms with Crippen molar-refractivity contribution in [2.75, 3.05) is 43.4 Å². The van der Waals surface area contributed by atoms with Crippen molar-refractivity contribution in [1.29, 1.82) is 0 Å². The Morgan fingerprint density at radius 3 is 2.36 bits per heavy atom. The predicted molar refractivity (Wildman–Crippen MR) is 103 cm³/mol. The molecule has 0 spiro atoms. The van der Waals surface area contributed by atoms with Gasteiger partial charge in [-0.2, -0.15) is 0 Å². The van der Waals surface area contributed by atoms with Crippen molar-refractivity contribution in [3.05, 3.63) is 59.1 Å². The summed E-state index contributed by atoms with van der Waals surface area (Å²) in [6.07, 6.45) is 0. The van der Waals surface area contributed by atoms with E-state index in [1.165, 1.54) is 11.0 Å². The topological polar surface area (TPSA) is 64.7 Å². The molecule has 0 aromatic heterocycles. The van der Waals surface area contributed by atoms with Gasteiger partial charge >= 0.3 is 6.03 Å². The minimum Gasteiger partial charge on any atom is -0.324 e. The second-order valence-corrected chi connectivity index (χ2v) is 6.75. The first-order chi connectivity index (χ1) is 13.4. The highest BCUT2D eigenvalue weighted by molar-refractivity contribution is 6.33. The summed E-state index contributed by atoms with van der Waals surface area (Å²) >= 11 is 6.02. The fraction of sp³-hybridized carbons (Fsp3) is 0.263. The molecule has 1 aliphatic rings. The molecule has 0 radical (unpaired) electrons. The first kappa shape index (κ1) is 20.0. The van der Waals surface area contributed by atoms with Crippen LogP contribution in [0, 0.1) is 11.6 Å². The van der Waals surface area contributed by atoms with Gasteiger partial charge in [-0.1, -0.05) is 23.7 Å². The number of halogens is 3. The zero-order chi connectivity index (χ0) is 20.1. The number of hydrogen-bond acceptors (Lipinski definition) is 3. The number of piperazine rings is 1. The molecule has 2 aromatic rings. The quantitative estimate of drug-likeness (QED) is 0.815. The number of amides is 3. The van der Waals surface area contributed by atoms with E-state index in [4.69, 9.17) is 11.6 Å². The van der Waals surface area contributed by atoms with E-state index < -0.39 is 17.7 Å². The Balaban J connectivity index is 1.46. The third-order valence-electron chi connectivity index (χ3n) is 4.35. The van der Waals surface area contributed by atoms with Gasteiger partial charge in [0, 0.05) is 32.2 Å². The van der Waals surface area contributed by atoms with Crippen LogP contribution in [0.1, 0.15) is 0 Å². The van der Waals surface area contributed by atoms with Crippen LogP contribution in [0.2, 0.25) is 5.02 Å². The van der Waals surface area contributed by atoms with Crippen molar-refractivity contribution < 1.29 is 18.4 Å². The summed E-state index contributed by atoms with van der Waals surface area (Å²) < 4.78 is 26.6. The number of hydrogen-bond donors (Lipinski definition) is 2. The Hall–Kier alpha value is -2.71. The van der Waals surface area contributed by atoms with Gasteiger partial charge in [0.05, 0.1) is 22.9 Å². The zero-order valence-corrected chi connectivity index (χ0v) is 15.7. The molecule has 1 fully saturated rings. The SMILES string of the molecule is O=C(CN1CCN(C(=O)Nc2ccc(F)cc2F)CC1)Nc1ccccc1Cl. The maximum Gasteiger partial charge on any atom is 0.322 e. The van der Waals surface area contributed by atoms with Gasteiger partial charge in [-0.05, 0) is 24.3 Å². The van der Waals surface area contributed by atoms with Crippen LogP contribution in [0.25, 0.3) is 0 Å². The average Bonchev–Trinajstić information content (AvgIpc) is 2.66. The van der Waals surface area contributed by atoms with E-state index in [0.29, 0.717) is 43.0 Å². The van der Waals surface area contributed by atoms with Crippen molar-refractivity contribution >= 4 is 34.9 Å². The summed E-state index contributed by atoms with van der Waals surface area (Å²) in [5, 5.41) is 5.65. The average molecular weight is 409 g/mol. The highest BCUT2D eigenvalue weighted by Crippen LogP contribution is 2.20. The second kappa shape index (κ2) is 8.99. The minimum absolute atomic E-state index is 0.0760. The Labute approximate surface area is 166 Å². The van der Waals surface area contributed by atoms with Crippen molar-refractivity contribution in [2.24, 2.45) is 0 Å². The van der Waals surface area contributed by atoms with E-state index in [1.54, 1.807) is 24.3 Å². The zero-order valence-electron chi connectivity index (χ0n) is 14.9. The van der Waals surface area contributed by atoms with Crippen LogP contribution in [-0.4, -0.2) is 54.5 Å². The van der Waals surface area contributed by atoms with Gasteiger partial charge in [0.1, 0.15) is 11.6 Å². The van der Waals surface area contributed by atoms with Gasteiger partial charge in [-0.25, -0.2) is 13.6 Å². The Bertz CT molecular complexity index is 873. The van der Waals surface area contributed by atoms with Crippen molar-refractivity contribution in [1.82, 2.24) is 9.80 Å². The highest BCUT2D eigenvalue weighted by atomic mass is 35.5. The standard InChI is InChI=1S/C19H19ClF2N4O2/c20-14-3-1-2-4-16(14)23-18(27)12-25-7-9-26(10-8-25)19(28)24-17-6-5-13(21)11-15(17)22/h1-6,11H,7-10,12H2,(H,23,27)(H,24,28). The van der Waals surface area contributed by atoms with Crippen molar-refractivity contribution in [3.8, 4) is 0 Å². The molecule has 0 unspecified atom stereocenters. The van der Waals surface area contributed by atoms with Gasteiger partial charge in [0.25, 0.3) is 0 Å². The molecule has 6 nitrogen and oxygen atoms in total. The van der Waals surface area contributed by atoms with Gasteiger partial charge in [0.15, 0.2) is 0 Å². The monoisotopic (exact) mass is 408 g/mol. The van der Waals surface area contributed by atoms with Crippen LogP contribution in [0.5, 0.6) is 0 Å². The molecule has 0 bridgehead atoms. The lowest BCUT2D eigenvalue weighted by atomic mass is 10.3. The molecule has 3 rings (SSSR count). The number of rotatable bonds is 4. The van der Waals surface area contributed by atoms with E-state index in [9.17, 15) is 18.4 Å². The number of nitrogens with one attached hydrogen (secondary N) is 2. The first-order valence-electron chi connectivity index (χ1n) is 8.70. The Morgan fingerprint density at radius 2 is 1.68 bits per heavy atom. The molecule has 0 atom stereocenters. The molecule has 2 aromatic carbocycles. The predicted octanol–water partition coefficient (Wildman–Crippen LogP) is 3.41. The number of para-hydroxylation sites is 1. The van der Waals surface area contributed by atoms with Crippen LogP contribution < -0.4 is 10.6 Å². The molecular weight excluding hydrogens is 390 g/mol. The molecule has 28 heavy (non-hydrogen) atoms. The Morgan fingerprint density at radius 1 is 0.964 bits per heavy atom. The Kier molecular flexibility index (Phi) is 6.43. The lowest BCUT2D eigenvalue weighted by molar-refractivity contribution is -0.117. The first-order valence-corrected chi connectivity index (χ1v) is 9.08. The van der Waals surface area contributed by atoms with Crippen LogP contribution in [-0.2, 0) is 4.79 Å². The number of urea groups is 1. The number of nitrogens with zero attached hydrogens (tertiary/aromatic N) is 2. The summed E-state index contributed by atoms with van der Waals surface area (Å²) in [7, 11) is 0. The molecule has 3 amide bonds. The third kappa shape index (κ3) is 5.17. The maximum absolute atomic E-state index is 13.7. The molecule has 0 saturated carbocycles. The van der Waals surface area contributed by atoms with Gasteiger partial charge in [-0.3, -0.25) is 9.69 Å². The van der Waals surface area contributed by atoms with Crippen molar-refractivity contribution in [2.45, 2.75) is 0 Å². The van der Waals surface area contributed by atoms with Crippen LogP contribution in [0.15, 0.2) is 42.5 Å². The summed E-state index contributed by atoms with van der Waals surface area (Å²) in [6.45, 7) is 1.93. The summed E-state index contributed by atoms with van der Waals surface area (Å²) in [6, 6.07) is 9.47. The number of carbonyl (C=O) groups excluding carboxylic acids is 2. The van der Waals surface area contributed by atoms with E-state index in [0.717, 1.165) is 6.07 Å². The van der Waals surface area contributed by atoms with E-state index >= 15 is 0 Å². The molecule has 0 aliphatic carbocycles. The van der Waals surface area contributed by atoms with Crippen LogP contribution in [0.4, 0.5) is 25.0 Å². The lowest BCUT2D eigenvalue weighted by Crippen LogP contribution is -2.51. The number of carbonyl (C=O) groups is 2. The highest BCUT2D eigenvalue weighted by Gasteiger charge is 2.23. The van der Waals surface area contributed by atoms with E-state index in [-0.39, 0.29) is 18.1 Å².